The van der Waals surface area contributed by atoms with Crippen LogP contribution in [-0.4, -0.2) is 28.5 Å². The van der Waals surface area contributed by atoms with Crippen molar-refractivity contribution in [1.29, 1.82) is 0 Å². The summed E-state index contributed by atoms with van der Waals surface area (Å²) < 4.78 is 5.33. The van der Waals surface area contributed by atoms with Gasteiger partial charge in [-0.05, 0) is 39.5 Å². The zero-order valence-electron chi connectivity index (χ0n) is 12.6. The van der Waals surface area contributed by atoms with Gasteiger partial charge < -0.3 is 4.74 Å². The standard InChI is InChI=1S/C15H25NO3/c1-7-11-9-12(8-10(2)3)16(13(11)17)14(18)19-15(4,5)6/h7,10-12H,1,8-9H2,2-6H3/t11-,12-/m0/s1. The summed E-state index contributed by atoms with van der Waals surface area (Å²) in [5.74, 6) is -0.0301. The average molecular weight is 267 g/mol. The van der Waals surface area contributed by atoms with E-state index in [1.54, 1.807) is 26.8 Å². The molecule has 0 aromatic rings. The maximum Gasteiger partial charge on any atom is 0.417 e. The van der Waals surface area contributed by atoms with Crippen LogP contribution in [-0.2, 0) is 9.53 Å². The third-order valence-corrected chi connectivity index (χ3v) is 3.06. The Labute approximate surface area is 115 Å². The molecule has 1 fully saturated rings. The number of carbonyl (C=O) groups excluding carboxylic acids is 2. The summed E-state index contributed by atoms with van der Waals surface area (Å²) in [6, 6.07) is -0.0784. The molecule has 108 valence electrons. The third kappa shape index (κ3) is 4.08. The van der Waals surface area contributed by atoms with E-state index in [-0.39, 0.29) is 17.9 Å². The normalized spacial score (nSPS) is 23.9. The van der Waals surface area contributed by atoms with E-state index in [0.29, 0.717) is 12.3 Å². The molecule has 4 nitrogen and oxygen atoms in total. The maximum absolute atomic E-state index is 12.2. The van der Waals surface area contributed by atoms with Crippen molar-refractivity contribution in [2.24, 2.45) is 11.8 Å². The Kier molecular flexibility index (Phi) is 4.77. The zero-order chi connectivity index (χ0) is 14.8. The van der Waals surface area contributed by atoms with Crippen LogP contribution in [0, 0.1) is 11.8 Å². The van der Waals surface area contributed by atoms with Crippen LogP contribution in [0.15, 0.2) is 12.7 Å². The second kappa shape index (κ2) is 5.76. The first-order chi connectivity index (χ1) is 8.65. The Balaban J connectivity index is 2.88. The van der Waals surface area contributed by atoms with Gasteiger partial charge in [0.25, 0.3) is 0 Å². The molecule has 0 saturated carbocycles. The van der Waals surface area contributed by atoms with Crippen LogP contribution in [0.5, 0.6) is 0 Å². The van der Waals surface area contributed by atoms with Crippen LogP contribution in [0.4, 0.5) is 4.79 Å². The summed E-state index contributed by atoms with van der Waals surface area (Å²) in [4.78, 5) is 25.7. The second-order valence-corrected chi connectivity index (χ2v) is 6.55. The molecular formula is C15H25NO3. The van der Waals surface area contributed by atoms with E-state index < -0.39 is 11.7 Å². The van der Waals surface area contributed by atoms with Gasteiger partial charge in [0.15, 0.2) is 0 Å². The molecular weight excluding hydrogens is 242 g/mol. The fraction of sp³-hybridized carbons (Fsp3) is 0.733. The number of hydrogen-bond acceptors (Lipinski definition) is 3. The van der Waals surface area contributed by atoms with Crippen LogP contribution in [0.2, 0.25) is 0 Å². The molecule has 0 aliphatic carbocycles. The lowest BCUT2D eigenvalue weighted by Crippen LogP contribution is -2.43. The van der Waals surface area contributed by atoms with Gasteiger partial charge >= 0.3 is 6.09 Å². The topological polar surface area (TPSA) is 46.6 Å². The van der Waals surface area contributed by atoms with E-state index in [4.69, 9.17) is 4.74 Å². The van der Waals surface area contributed by atoms with E-state index in [1.165, 1.54) is 4.90 Å². The Hall–Kier alpha value is -1.32. The molecule has 0 N–H and O–H groups in total. The van der Waals surface area contributed by atoms with Gasteiger partial charge in [0.1, 0.15) is 5.60 Å². The molecule has 1 saturated heterocycles. The van der Waals surface area contributed by atoms with Gasteiger partial charge in [-0.1, -0.05) is 19.9 Å². The van der Waals surface area contributed by atoms with E-state index in [9.17, 15) is 9.59 Å². The summed E-state index contributed by atoms with van der Waals surface area (Å²) >= 11 is 0. The summed E-state index contributed by atoms with van der Waals surface area (Å²) in [7, 11) is 0. The monoisotopic (exact) mass is 267 g/mol. The lowest BCUT2D eigenvalue weighted by Gasteiger charge is -2.28. The van der Waals surface area contributed by atoms with Gasteiger partial charge in [0.2, 0.25) is 5.91 Å². The van der Waals surface area contributed by atoms with Crippen molar-refractivity contribution in [2.45, 2.75) is 59.1 Å². The first kappa shape index (κ1) is 15.7. The average Bonchev–Trinajstić information content (AvgIpc) is 2.51. The van der Waals surface area contributed by atoms with Crippen LogP contribution in [0.3, 0.4) is 0 Å². The smallest absolute Gasteiger partial charge is 0.417 e. The fourth-order valence-corrected chi connectivity index (χ4v) is 2.35. The third-order valence-electron chi connectivity index (χ3n) is 3.06. The van der Waals surface area contributed by atoms with Gasteiger partial charge in [-0.15, -0.1) is 6.58 Å². The predicted octanol–water partition coefficient (Wildman–Crippen LogP) is 3.37. The van der Waals surface area contributed by atoms with E-state index >= 15 is 0 Å². The highest BCUT2D eigenvalue weighted by Gasteiger charge is 2.43. The molecule has 19 heavy (non-hydrogen) atoms. The Morgan fingerprint density at radius 2 is 2.11 bits per heavy atom. The molecule has 1 aliphatic heterocycles. The van der Waals surface area contributed by atoms with E-state index in [1.807, 2.05) is 0 Å². The maximum atomic E-state index is 12.2. The zero-order valence-corrected chi connectivity index (χ0v) is 12.6. The summed E-state index contributed by atoms with van der Waals surface area (Å²) in [5, 5.41) is 0. The van der Waals surface area contributed by atoms with Crippen molar-refractivity contribution in [2.75, 3.05) is 0 Å². The summed E-state index contributed by atoms with van der Waals surface area (Å²) in [6.45, 7) is 13.2. The molecule has 0 unspecified atom stereocenters. The van der Waals surface area contributed by atoms with Crippen molar-refractivity contribution >= 4 is 12.0 Å². The number of hydrogen-bond donors (Lipinski definition) is 0. The lowest BCUT2D eigenvalue weighted by molar-refractivity contribution is -0.130. The van der Waals surface area contributed by atoms with Crippen molar-refractivity contribution in [3.05, 3.63) is 12.7 Å². The number of ether oxygens (including phenoxy) is 1. The van der Waals surface area contributed by atoms with Crippen molar-refractivity contribution in [3.63, 3.8) is 0 Å². The number of nitrogens with zero attached hydrogens (tertiary/aromatic N) is 1. The minimum atomic E-state index is -0.591. The van der Waals surface area contributed by atoms with Gasteiger partial charge in [-0.25, -0.2) is 9.69 Å². The van der Waals surface area contributed by atoms with Gasteiger partial charge in [-0.3, -0.25) is 4.79 Å². The number of imide groups is 1. The molecule has 0 aromatic heterocycles. The Morgan fingerprint density at radius 3 is 2.53 bits per heavy atom. The molecule has 2 amide bonds. The van der Waals surface area contributed by atoms with Gasteiger partial charge in [0.05, 0.1) is 5.92 Å². The molecule has 0 bridgehead atoms. The van der Waals surface area contributed by atoms with Crippen molar-refractivity contribution < 1.29 is 14.3 Å². The molecule has 0 spiro atoms. The first-order valence-electron chi connectivity index (χ1n) is 6.84. The van der Waals surface area contributed by atoms with Gasteiger partial charge in [0, 0.05) is 6.04 Å². The highest BCUT2D eigenvalue weighted by molar-refractivity contribution is 5.96. The minimum Gasteiger partial charge on any atom is -0.443 e. The SMILES string of the molecule is C=C[C@H]1C[C@H](CC(C)C)N(C(=O)OC(C)(C)C)C1=O. The minimum absolute atomic E-state index is 0.0784. The highest BCUT2D eigenvalue weighted by Crippen LogP contribution is 2.31. The number of carbonyl (C=O) groups is 2. The molecule has 1 rings (SSSR count). The fourth-order valence-electron chi connectivity index (χ4n) is 2.35. The summed E-state index contributed by atoms with van der Waals surface area (Å²) in [5.41, 5.74) is -0.591. The van der Waals surface area contributed by atoms with Crippen molar-refractivity contribution in [1.82, 2.24) is 4.90 Å². The first-order valence-corrected chi connectivity index (χ1v) is 6.84. The number of likely N-dealkylation sites (tertiary alicyclic amines) is 1. The molecule has 0 aromatic carbocycles. The van der Waals surface area contributed by atoms with E-state index in [0.717, 1.165) is 6.42 Å². The molecule has 1 heterocycles. The molecule has 4 heteroatoms. The van der Waals surface area contributed by atoms with Crippen molar-refractivity contribution in [3.8, 4) is 0 Å². The lowest BCUT2D eigenvalue weighted by atomic mass is 9.98. The molecule has 0 radical (unpaired) electrons. The van der Waals surface area contributed by atoms with Crippen LogP contribution in [0.25, 0.3) is 0 Å². The second-order valence-electron chi connectivity index (χ2n) is 6.55. The van der Waals surface area contributed by atoms with Gasteiger partial charge in [-0.2, -0.15) is 0 Å². The van der Waals surface area contributed by atoms with E-state index in [2.05, 4.69) is 20.4 Å². The molecule has 2 atom stereocenters. The Bertz CT molecular complexity index is 368. The number of amides is 2. The van der Waals surface area contributed by atoms with Crippen LogP contribution >= 0.6 is 0 Å². The largest absolute Gasteiger partial charge is 0.443 e. The summed E-state index contributed by atoms with van der Waals surface area (Å²) in [6.07, 6.45) is 2.54. The predicted molar refractivity (Wildman–Crippen MR) is 74.6 cm³/mol. The Morgan fingerprint density at radius 1 is 1.53 bits per heavy atom. The highest BCUT2D eigenvalue weighted by atomic mass is 16.6. The van der Waals surface area contributed by atoms with Crippen LogP contribution < -0.4 is 0 Å². The number of rotatable bonds is 3. The molecule has 1 aliphatic rings. The van der Waals surface area contributed by atoms with Crippen LogP contribution in [0.1, 0.15) is 47.5 Å². The quantitative estimate of drug-likeness (QED) is 0.736.